The number of carbonyl (C=O) groups is 1. The molecule has 3 heterocycles. The molecule has 0 fully saturated rings. The fraction of sp³-hybridized carbons (Fsp3) is 0.545. The number of rotatable bonds is 5. The first-order valence-electron chi connectivity index (χ1n) is 10.1. The van der Waals surface area contributed by atoms with Crippen LogP contribution in [0, 0.1) is 11.8 Å². The molecule has 2 aromatic rings. The summed E-state index contributed by atoms with van der Waals surface area (Å²) >= 11 is 0. The van der Waals surface area contributed by atoms with Crippen molar-refractivity contribution in [3.8, 4) is 11.5 Å². The Morgan fingerprint density at radius 2 is 2.25 bits per heavy atom. The van der Waals surface area contributed by atoms with Crippen molar-refractivity contribution in [2.24, 2.45) is 11.8 Å². The molecule has 0 N–H and O–H groups in total. The minimum atomic E-state index is -0.173. The highest BCUT2D eigenvalue weighted by Gasteiger charge is 2.33. The van der Waals surface area contributed by atoms with Gasteiger partial charge in [0.15, 0.2) is 17.4 Å². The maximum Gasteiger partial charge on any atom is 0.229 e. The number of fused-ring (bicyclic) bond motifs is 2. The number of hydrogen-bond donors (Lipinski definition) is 0. The summed E-state index contributed by atoms with van der Waals surface area (Å²) in [5, 5.41) is 0. The molecule has 28 heavy (non-hydrogen) atoms. The molecular weight excluding hydrogens is 356 g/mol. The highest BCUT2D eigenvalue weighted by molar-refractivity contribution is 5.80. The second-order valence-corrected chi connectivity index (χ2v) is 8.08. The third-order valence-corrected chi connectivity index (χ3v) is 5.54. The van der Waals surface area contributed by atoms with E-state index in [1.165, 1.54) is 0 Å². The van der Waals surface area contributed by atoms with E-state index >= 15 is 0 Å². The molecule has 0 bridgehead atoms. The second kappa shape index (κ2) is 7.86. The molecule has 1 aromatic heterocycles. The van der Waals surface area contributed by atoms with Crippen molar-refractivity contribution in [2.75, 3.05) is 20.3 Å². The van der Waals surface area contributed by atoms with Crippen LogP contribution in [0.15, 0.2) is 22.6 Å². The number of carbonyl (C=O) groups excluding carboxylic acids is 1. The molecule has 6 heteroatoms. The molecule has 2 aliphatic rings. The number of benzene rings is 1. The van der Waals surface area contributed by atoms with Crippen LogP contribution in [0.1, 0.15) is 43.2 Å². The Labute approximate surface area is 165 Å². The van der Waals surface area contributed by atoms with E-state index in [0.29, 0.717) is 32.0 Å². The Kier molecular flexibility index (Phi) is 5.29. The first-order valence-corrected chi connectivity index (χ1v) is 10.1. The van der Waals surface area contributed by atoms with Crippen molar-refractivity contribution in [2.45, 2.75) is 46.1 Å². The predicted octanol–water partition coefficient (Wildman–Crippen LogP) is 3.41. The zero-order valence-electron chi connectivity index (χ0n) is 16.9. The van der Waals surface area contributed by atoms with Crippen LogP contribution in [-0.2, 0) is 30.6 Å². The third-order valence-electron chi connectivity index (χ3n) is 5.54. The van der Waals surface area contributed by atoms with Crippen molar-refractivity contribution in [1.29, 1.82) is 0 Å². The van der Waals surface area contributed by atoms with Crippen LogP contribution in [0.25, 0.3) is 0 Å². The number of nitrogens with zero attached hydrogens (tertiary/aromatic N) is 2. The van der Waals surface area contributed by atoms with E-state index in [-0.39, 0.29) is 11.8 Å². The summed E-state index contributed by atoms with van der Waals surface area (Å²) in [7, 11) is 1.63. The number of aromatic nitrogens is 1. The maximum atomic E-state index is 13.1. The van der Waals surface area contributed by atoms with Crippen LogP contribution < -0.4 is 9.47 Å². The standard InChI is InChI=1S/C22H28N2O4/c1-14(2)7-8-20-23-17-12-24(10-9-18(17)28-20)22(25)16-11-15-5-4-6-19(26-3)21(15)27-13-16/h4-6,14,16H,7-13H2,1-3H3. The minimum absolute atomic E-state index is 0.130. The van der Waals surface area contributed by atoms with Crippen molar-refractivity contribution in [1.82, 2.24) is 9.88 Å². The summed E-state index contributed by atoms with van der Waals surface area (Å²) in [4.78, 5) is 19.7. The van der Waals surface area contributed by atoms with Gasteiger partial charge in [0.1, 0.15) is 18.1 Å². The number of amides is 1. The van der Waals surface area contributed by atoms with E-state index in [2.05, 4.69) is 18.8 Å². The Morgan fingerprint density at radius 3 is 3.04 bits per heavy atom. The highest BCUT2D eigenvalue weighted by Crippen LogP contribution is 2.36. The summed E-state index contributed by atoms with van der Waals surface area (Å²) in [6, 6.07) is 5.83. The third kappa shape index (κ3) is 3.73. The van der Waals surface area contributed by atoms with E-state index in [9.17, 15) is 4.79 Å². The van der Waals surface area contributed by atoms with Gasteiger partial charge in [-0.3, -0.25) is 4.79 Å². The minimum Gasteiger partial charge on any atom is -0.493 e. The second-order valence-electron chi connectivity index (χ2n) is 8.08. The molecule has 1 aromatic carbocycles. The predicted molar refractivity (Wildman–Crippen MR) is 104 cm³/mol. The Morgan fingerprint density at radius 1 is 1.39 bits per heavy atom. The SMILES string of the molecule is COc1cccc2c1OCC(C(=O)N1CCc3oc(CCC(C)C)nc3C1)C2. The van der Waals surface area contributed by atoms with Gasteiger partial charge in [-0.15, -0.1) is 0 Å². The average Bonchev–Trinajstić information content (AvgIpc) is 3.13. The van der Waals surface area contributed by atoms with Gasteiger partial charge in [0, 0.05) is 19.4 Å². The van der Waals surface area contributed by atoms with Crippen molar-refractivity contribution >= 4 is 5.91 Å². The topological polar surface area (TPSA) is 64.8 Å². The van der Waals surface area contributed by atoms with Crippen LogP contribution >= 0.6 is 0 Å². The lowest BCUT2D eigenvalue weighted by molar-refractivity contribution is -0.138. The smallest absolute Gasteiger partial charge is 0.229 e. The van der Waals surface area contributed by atoms with Crippen molar-refractivity contribution in [3.05, 3.63) is 41.1 Å². The largest absolute Gasteiger partial charge is 0.493 e. The van der Waals surface area contributed by atoms with Crippen molar-refractivity contribution < 1.29 is 18.7 Å². The Bertz CT molecular complexity index is 858. The monoisotopic (exact) mass is 384 g/mol. The van der Waals surface area contributed by atoms with E-state index in [1.807, 2.05) is 23.1 Å². The first-order chi connectivity index (χ1) is 13.5. The Balaban J connectivity index is 1.42. The first kappa shape index (κ1) is 18.8. The van der Waals surface area contributed by atoms with Crippen LogP contribution in [0.4, 0.5) is 0 Å². The summed E-state index contributed by atoms with van der Waals surface area (Å²) in [5.41, 5.74) is 1.94. The summed E-state index contributed by atoms with van der Waals surface area (Å²) < 4.78 is 17.2. The number of para-hydroxylation sites is 1. The van der Waals surface area contributed by atoms with E-state index in [0.717, 1.165) is 53.7 Å². The van der Waals surface area contributed by atoms with Gasteiger partial charge >= 0.3 is 0 Å². The van der Waals surface area contributed by atoms with E-state index in [4.69, 9.17) is 13.9 Å². The lowest BCUT2D eigenvalue weighted by Crippen LogP contribution is -2.43. The number of aryl methyl sites for hydroxylation is 1. The molecular formula is C22H28N2O4. The number of oxazole rings is 1. The summed E-state index contributed by atoms with van der Waals surface area (Å²) in [6.45, 7) is 5.98. The van der Waals surface area contributed by atoms with Crippen LogP contribution in [0.5, 0.6) is 11.5 Å². The molecule has 150 valence electrons. The number of hydrogen-bond acceptors (Lipinski definition) is 5. The molecule has 0 saturated heterocycles. The van der Waals surface area contributed by atoms with Gasteiger partial charge in [0.25, 0.3) is 0 Å². The molecule has 0 spiro atoms. The lowest BCUT2D eigenvalue weighted by Gasteiger charge is -2.32. The zero-order chi connectivity index (χ0) is 19.7. The van der Waals surface area contributed by atoms with Gasteiger partial charge in [-0.25, -0.2) is 4.98 Å². The van der Waals surface area contributed by atoms with Gasteiger partial charge in [0.2, 0.25) is 5.91 Å². The zero-order valence-corrected chi connectivity index (χ0v) is 16.9. The maximum absolute atomic E-state index is 13.1. The molecule has 0 aliphatic carbocycles. The van der Waals surface area contributed by atoms with Crippen LogP contribution in [0.3, 0.4) is 0 Å². The fourth-order valence-electron chi connectivity index (χ4n) is 3.93. The van der Waals surface area contributed by atoms with Crippen molar-refractivity contribution in [3.63, 3.8) is 0 Å². The number of ether oxygens (including phenoxy) is 2. The molecule has 2 aliphatic heterocycles. The van der Waals surface area contributed by atoms with Gasteiger partial charge < -0.3 is 18.8 Å². The number of methoxy groups -OCH3 is 1. The molecule has 1 atom stereocenters. The normalized spacial score (nSPS) is 18.4. The molecule has 0 saturated carbocycles. The fourth-order valence-corrected chi connectivity index (χ4v) is 3.93. The Hall–Kier alpha value is -2.50. The molecule has 6 nitrogen and oxygen atoms in total. The molecule has 1 unspecified atom stereocenters. The van der Waals surface area contributed by atoms with Crippen LogP contribution in [0.2, 0.25) is 0 Å². The molecule has 4 rings (SSSR count). The van der Waals surface area contributed by atoms with E-state index < -0.39 is 0 Å². The van der Waals surface area contributed by atoms with Crippen LogP contribution in [-0.4, -0.2) is 36.1 Å². The van der Waals surface area contributed by atoms with Gasteiger partial charge in [0.05, 0.1) is 19.6 Å². The summed E-state index contributed by atoms with van der Waals surface area (Å²) in [6.07, 6.45) is 3.32. The summed E-state index contributed by atoms with van der Waals surface area (Å²) in [5.74, 6) is 3.81. The molecule has 0 radical (unpaired) electrons. The van der Waals surface area contributed by atoms with Gasteiger partial charge in [-0.2, -0.15) is 0 Å². The quantitative estimate of drug-likeness (QED) is 0.790. The highest BCUT2D eigenvalue weighted by atomic mass is 16.5. The molecule has 1 amide bonds. The lowest BCUT2D eigenvalue weighted by atomic mass is 9.94. The average molecular weight is 384 g/mol. The van der Waals surface area contributed by atoms with Gasteiger partial charge in [-0.1, -0.05) is 26.0 Å². The van der Waals surface area contributed by atoms with Gasteiger partial charge in [-0.05, 0) is 30.4 Å². The van der Waals surface area contributed by atoms with E-state index in [1.54, 1.807) is 7.11 Å².